The summed E-state index contributed by atoms with van der Waals surface area (Å²) in [5, 5.41) is 11.2. The van der Waals surface area contributed by atoms with Crippen LogP contribution in [0, 0.1) is 27.9 Å². The van der Waals surface area contributed by atoms with Crippen molar-refractivity contribution in [1.82, 2.24) is 0 Å². The molecule has 8 nitrogen and oxygen atoms in total. The summed E-state index contributed by atoms with van der Waals surface area (Å²) < 4.78 is 16.0. The lowest BCUT2D eigenvalue weighted by Crippen LogP contribution is -2.46. The van der Waals surface area contributed by atoms with E-state index in [1.54, 1.807) is 78.9 Å². The molecular weight excluding hydrogens is 506 g/mol. The van der Waals surface area contributed by atoms with Crippen molar-refractivity contribution < 1.29 is 28.7 Å². The second kappa shape index (κ2) is 13.3. The van der Waals surface area contributed by atoms with Gasteiger partial charge in [0, 0.05) is 16.2 Å². The Morgan fingerprint density at radius 3 is 2.08 bits per heavy atom. The molecule has 0 spiro atoms. The molecule has 0 aliphatic rings. The third-order valence-corrected chi connectivity index (χ3v) is 7.09. The summed E-state index contributed by atoms with van der Waals surface area (Å²) in [6.45, 7) is -0.853. The maximum atomic E-state index is 14.0. The Morgan fingerprint density at radius 2 is 1.55 bits per heavy atom. The van der Waals surface area contributed by atoms with Crippen LogP contribution in [0.15, 0.2) is 83.8 Å². The molecule has 3 aromatic rings. The predicted octanol–water partition coefficient (Wildman–Crippen LogP) is 5.14. The van der Waals surface area contributed by atoms with Gasteiger partial charge in [0.1, 0.15) is 18.1 Å². The maximum absolute atomic E-state index is 14.0. The van der Waals surface area contributed by atoms with Gasteiger partial charge in [0.15, 0.2) is 5.41 Å². The van der Waals surface area contributed by atoms with Crippen molar-refractivity contribution in [1.29, 1.82) is 0 Å². The van der Waals surface area contributed by atoms with Gasteiger partial charge in [-0.2, -0.15) is 0 Å². The number of thioether (sulfide) groups is 1. The summed E-state index contributed by atoms with van der Waals surface area (Å²) in [5.41, 5.74) is -0.945. The molecule has 2 unspecified atom stereocenters. The lowest BCUT2D eigenvalue weighted by molar-refractivity contribution is -0.485. The highest BCUT2D eigenvalue weighted by molar-refractivity contribution is 8.13. The van der Waals surface area contributed by atoms with E-state index < -0.39 is 33.9 Å². The van der Waals surface area contributed by atoms with Gasteiger partial charge < -0.3 is 14.2 Å². The van der Waals surface area contributed by atoms with Crippen LogP contribution < -0.4 is 9.47 Å². The van der Waals surface area contributed by atoms with E-state index in [0.717, 1.165) is 11.8 Å². The molecule has 0 fully saturated rings. The minimum Gasteiger partial charge on any atom is -0.497 e. The molecule has 2 atom stereocenters. The van der Waals surface area contributed by atoms with Crippen molar-refractivity contribution in [2.75, 3.05) is 20.8 Å². The molecule has 196 valence electrons. The molecule has 0 radical (unpaired) electrons. The van der Waals surface area contributed by atoms with Crippen LogP contribution in [-0.2, 0) is 20.9 Å². The average molecular weight is 534 g/mol. The number of carbonyl (C=O) groups is 2. The van der Waals surface area contributed by atoms with Gasteiger partial charge in [-0.05, 0) is 47.5 Å². The Balaban J connectivity index is 2.06. The topological polar surface area (TPSA) is 105 Å². The predicted molar refractivity (Wildman–Crippen MR) is 144 cm³/mol. The number of benzene rings is 3. The van der Waals surface area contributed by atoms with Crippen LogP contribution in [0.4, 0.5) is 0 Å². The van der Waals surface area contributed by atoms with Crippen molar-refractivity contribution >= 4 is 22.8 Å². The van der Waals surface area contributed by atoms with Crippen LogP contribution in [0.3, 0.4) is 0 Å². The van der Waals surface area contributed by atoms with Gasteiger partial charge in [0.05, 0.1) is 20.1 Å². The molecule has 38 heavy (non-hydrogen) atoms. The van der Waals surface area contributed by atoms with Crippen molar-refractivity contribution in [3.8, 4) is 23.8 Å². The monoisotopic (exact) mass is 533 g/mol. The zero-order valence-electron chi connectivity index (χ0n) is 21.0. The minimum absolute atomic E-state index is 0.157. The first-order valence-electron chi connectivity index (χ1n) is 11.6. The molecule has 0 saturated carbocycles. The van der Waals surface area contributed by atoms with E-state index in [1.165, 1.54) is 14.2 Å². The lowest BCUT2D eigenvalue weighted by atomic mass is 9.70. The fraction of sp³-hybridized carbons (Fsp3) is 0.241. The van der Waals surface area contributed by atoms with Gasteiger partial charge in [0.2, 0.25) is 11.7 Å². The first-order valence-corrected chi connectivity index (χ1v) is 12.4. The van der Waals surface area contributed by atoms with Crippen LogP contribution in [-0.4, -0.2) is 36.8 Å². The van der Waals surface area contributed by atoms with E-state index in [4.69, 9.17) is 20.6 Å². The summed E-state index contributed by atoms with van der Waals surface area (Å²) in [6.07, 6.45) is 5.30. The van der Waals surface area contributed by atoms with E-state index in [-0.39, 0.29) is 13.0 Å². The zero-order chi connectivity index (χ0) is 27.5. The molecule has 0 aliphatic carbocycles. The number of ether oxygens (including phenoxy) is 3. The molecule has 3 aromatic carbocycles. The summed E-state index contributed by atoms with van der Waals surface area (Å²) in [5.74, 6) is 1.54. The third kappa shape index (κ3) is 6.72. The van der Waals surface area contributed by atoms with Gasteiger partial charge >= 0.3 is 5.97 Å². The summed E-state index contributed by atoms with van der Waals surface area (Å²) in [6, 6.07) is 21.9. The molecule has 0 saturated heterocycles. The number of nitrogens with zero attached hydrogens (tertiary/aromatic N) is 1. The molecule has 0 aromatic heterocycles. The Kier molecular flexibility index (Phi) is 9.91. The molecule has 0 bridgehead atoms. The number of esters is 1. The van der Waals surface area contributed by atoms with Crippen LogP contribution in [0.2, 0.25) is 0 Å². The lowest BCUT2D eigenvalue weighted by Gasteiger charge is -2.34. The Hall–Kier alpha value is -4.29. The standard InChI is InChI=1S/C29H27NO7S/c1-4-18-29(26(19-30(33)34)22-8-6-5-7-9-22,28(32)38-25-16-14-24(36-3)15-17-25)27(31)37-20-21-10-12-23(35-2)13-11-21/h1,5-17,26H,18-20H2,2-3H3. The van der Waals surface area contributed by atoms with E-state index in [1.807, 2.05) is 0 Å². The summed E-state index contributed by atoms with van der Waals surface area (Å²) in [7, 11) is 3.06. The minimum atomic E-state index is -2.03. The van der Waals surface area contributed by atoms with Crippen LogP contribution in [0.1, 0.15) is 23.5 Å². The zero-order valence-corrected chi connectivity index (χ0v) is 21.8. The maximum Gasteiger partial charge on any atom is 0.322 e. The fourth-order valence-electron chi connectivity index (χ4n) is 4.02. The van der Waals surface area contributed by atoms with E-state index in [2.05, 4.69) is 5.92 Å². The van der Waals surface area contributed by atoms with Crippen LogP contribution in [0.25, 0.3) is 0 Å². The number of terminal acetylenes is 1. The van der Waals surface area contributed by atoms with Crippen molar-refractivity contribution in [3.63, 3.8) is 0 Å². The number of rotatable bonds is 12. The smallest absolute Gasteiger partial charge is 0.322 e. The molecule has 0 aliphatic heterocycles. The van der Waals surface area contributed by atoms with Gasteiger partial charge in [-0.15, -0.1) is 12.3 Å². The van der Waals surface area contributed by atoms with Gasteiger partial charge in [-0.1, -0.05) is 54.2 Å². The fourth-order valence-corrected chi connectivity index (χ4v) is 4.98. The molecule has 3 rings (SSSR count). The number of hydrogen-bond acceptors (Lipinski definition) is 8. The molecule has 9 heteroatoms. The highest BCUT2D eigenvalue weighted by Crippen LogP contribution is 2.46. The first-order chi connectivity index (χ1) is 18.3. The number of carbonyl (C=O) groups excluding carboxylic acids is 2. The second-order valence-corrected chi connectivity index (χ2v) is 9.37. The van der Waals surface area contributed by atoms with E-state index in [9.17, 15) is 19.7 Å². The largest absolute Gasteiger partial charge is 0.497 e. The second-order valence-electron chi connectivity index (χ2n) is 8.32. The summed E-state index contributed by atoms with van der Waals surface area (Å²) >= 11 is 0.785. The molecular formula is C29H27NO7S. The van der Waals surface area contributed by atoms with Crippen LogP contribution in [0.5, 0.6) is 11.5 Å². The van der Waals surface area contributed by atoms with Gasteiger partial charge in [0.25, 0.3) is 0 Å². The highest BCUT2D eigenvalue weighted by Gasteiger charge is 2.55. The normalized spacial score (nSPS) is 12.9. The quantitative estimate of drug-likeness (QED) is 0.0788. The van der Waals surface area contributed by atoms with Gasteiger partial charge in [-0.25, -0.2) is 0 Å². The number of nitro groups is 1. The highest BCUT2D eigenvalue weighted by atomic mass is 32.2. The molecule has 0 N–H and O–H groups in total. The van der Waals surface area contributed by atoms with Crippen molar-refractivity contribution in [2.24, 2.45) is 5.41 Å². The Bertz CT molecular complexity index is 1290. The number of hydrogen-bond donors (Lipinski definition) is 0. The Morgan fingerprint density at radius 1 is 0.974 bits per heavy atom. The first kappa shape index (κ1) is 28.3. The summed E-state index contributed by atoms with van der Waals surface area (Å²) in [4.78, 5) is 39.6. The number of methoxy groups -OCH3 is 2. The van der Waals surface area contributed by atoms with Crippen molar-refractivity contribution in [3.05, 3.63) is 100 Å². The SMILES string of the molecule is C#CCC(C(=O)OCc1ccc(OC)cc1)(C(=O)Sc1ccc(OC)cc1)C(C[N+](=O)[O-])c1ccccc1. The van der Waals surface area contributed by atoms with E-state index >= 15 is 0 Å². The molecule has 0 amide bonds. The molecule has 0 heterocycles. The average Bonchev–Trinajstić information content (AvgIpc) is 2.94. The Labute approximate surface area is 225 Å². The van der Waals surface area contributed by atoms with E-state index in [0.29, 0.717) is 27.5 Å². The van der Waals surface area contributed by atoms with Crippen molar-refractivity contribution in [2.45, 2.75) is 23.8 Å². The van der Waals surface area contributed by atoms with Gasteiger partial charge in [-0.3, -0.25) is 19.7 Å². The third-order valence-electron chi connectivity index (χ3n) is 6.04. The van der Waals surface area contributed by atoms with Crippen LogP contribution >= 0.6 is 11.8 Å².